The van der Waals surface area contributed by atoms with E-state index in [2.05, 4.69) is 15.3 Å². The standard InChI is InChI=1S/C14H13N3OS3/c1-9(11-3-2-5-19-11)17-12(18)7-21-14-10-4-6-20-13(10)15-8-16-14/h2-6,8-9H,7H2,1H3,(H,17,18)/t9-/m1/s1. The molecule has 0 spiro atoms. The second kappa shape index (κ2) is 6.55. The van der Waals surface area contributed by atoms with Gasteiger partial charge in [-0.05, 0) is 29.8 Å². The summed E-state index contributed by atoms with van der Waals surface area (Å²) >= 11 is 4.68. The van der Waals surface area contributed by atoms with Crippen molar-refractivity contribution in [3.63, 3.8) is 0 Å². The van der Waals surface area contributed by atoms with Gasteiger partial charge in [0.1, 0.15) is 16.2 Å². The topological polar surface area (TPSA) is 54.9 Å². The van der Waals surface area contributed by atoms with E-state index >= 15 is 0 Å². The van der Waals surface area contributed by atoms with Crippen LogP contribution in [0.4, 0.5) is 0 Å². The van der Waals surface area contributed by atoms with Gasteiger partial charge in [0.25, 0.3) is 0 Å². The molecule has 3 rings (SSSR count). The van der Waals surface area contributed by atoms with Crippen LogP contribution in [0.1, 0.15) is 17.8 Å². The van der Waals surface area contributed by atoms with E-state index < -0.39 is 0 Å². The fourth-order valence-electron chi connectivity index (χ4n) is 1.91. The van der Waals surface area contributed by atoms with Crippen LogP contribution in [0.5, 0.6) is 0 Å². The van der Waals surface area contributed by atoms with Crippen LogP contribution in [0.2, 0.25) is 0 Å². The molecule has 7 heteroatoms. The van der Waals surface area contributed by atoms with Gasteiger partial charge >= 0.3 is 0 Å². The van der Waals surface area contributed by atoms with Gasteiger partial charge in [-0.1, -0.05) is 17.8 Å². The van der Waals surface area contributed by atoms with Crippen molar-refractivity contribution in [2.75, 3.05) is 5.75 Å². The van der Waals surface area contributed by atoms with Crippen molar-refractivity contribution in [3.05, 3.63) is 40.2 Å². The molecule has 0 aliphatic rings. The maximum atomic E-state index is 12.0. The lowest BCUT2D eigenvalue weighted by Gasteiger charge is -2.11. The van der Waals surface area contributed by atoms with E-state index in [1.165, 1.54) is 11.8 Å². The molecule has 21 heavy (non-hydrogen) atoms. The minimum atomic E-state index is 0.0166. The average molecular weight is 335 g/mol. The van der Waals surface area contributed by atoms with Crippen molar-refractivity contribution < 1.29 is 4.79 Å². The summed E-state index contributed by atoms with van der Waals surface area (Å²) in [5, 5.41) is 8.89. The Kier molecular flexibility index (Phi) is 4.52. The minimum absolute atomic E-state index is 0.0166. The van der Waals surface area contributed by atoms with Crippen molar-refractivity contribution in [2.45, 2.75) is 18.0 Å². The van der Waals surface area contributed by atoms with Crippen LogP contribution in [0.25, 0.3) is 10.2 Å². The van der Waals surface area contributed by atoms with Crippen molar-refractivity contribution >= 4 is 50.6 Å². The number of thioether (sulfide) groups is 1. The van der Waals surface area contributed by atoms with Crippen LogP contribution >= 0.6 is 34.4 Å². The molecule has 0 unspecified atom stereocenters. The third kappa shape index (κ3) is 3.42. The second-order valence-corrected chi connectivity index (χ2v) is 7.25. The Morgan fingerprint density at radius 2 is 2.24 bits per heavy atom. The van der Waals surface area contributed by atoms with Gasteiger partial charge in [0.05, 0.1) is 11.8 Å². The summed E-state index contributed by atoms with van der Waals surface area (Å²) in [6.07, 6.45) is 1.55. The maximum absolute atomic E-state index is 12.0. The lowest BCUT2D eigenvalue weighted by atomic mass is 10.3. The molecular weight excluding hydrogens is 322 g/mol. The molecule has 3 heterocycles. The fourth-order valence-corrected chi connectivity index (χ4v) is 4.23. The normalized spacial score (nSPS) is 12.4. The smallest absolute Gasteiger partial charge is 0.230 e. The summed E-state index contributed by atoms with van der Waals surface area (Å²) in [5.41, 5.74) is 0. The van der Waals surface area contributed by atoms with Crippen LogP contribution in [0.15, 0.2) is 40.3 Å². The summed E-state index contributed by atoms with van der Waals surface area (Å²) in [5.74, 6) is 0.375. The molecule has 0 aromatic carbocycles. The largest absolute Gasteiger partial charge is 0.348 e. The predicted molar refractivity (Wildman–Crippen MR) is 89.0 cm³/mol. The molecule has 108 valence electrons. The maximum Gasteiger partial charge on any atom is 0.230 e. The zero-order valence-corrected chi connectivity index (χ0v) is 13.7. The fraction of sp³-hybridized carbons (Fsp3) is 0.214. The van der Waals surface area contributed by atoms with E-state index in [9.17, 15) is 4.79 Å². The van der Waals surface area contributed by atoms with Crippen LogP contribution in [0, 0.1) is 0 Å². The van der Waals surface area contributed by atoms with Gasteiger partial charge in [0, 0.05) is 10.3 Å². The van der Waals surface area contributed by atoms with Gasteiger partial charge in [-0.3, -0.25) is 4.79 Å². The Balaban J connectivity index is 1.60. The Morgan fingerprint density at radius 3 is 3.05 bits per heavy atom. The molecular formula is C14H13N3OS3. The number of nitrogens with one attached hydrogen (secondary N) is 1. The number of nitrogens with zero attached hydrogens (tertiary/aromatic N) is 2. The zero-order valence-electron chi connectivity index (χ0n) is 11.3. The first-order valence-corrected chi connectivity index (χ1v) is 9.12. The van der Waals surface area contributed by atoms with Gasteiger partial charge in [-0.25, -0.2) is 9.97 Å². The number of aromatic nitrogens is 2. The zero-order chi connectivity index (χ0) is 14.7. The molecule has 0 bridgehead atoms. The Bertz CT molecular complexity index is 739. The molecule has 0 aliphatic heterocycles. The average Bonchev–Trinajstić information content (AvgIpc) is 3.15. The highest BCUT2D eigenvalue weighted by Gasteiger charge is 2.12. The van der Waals surface area contributed by atoms with E-state index in [-0.39, 0.29) is 11.9 Å². The molecule has 3 aromatic rings. The van der Waals surface area contributed by atoms with Crippen molar-refractivity contribution in [1.29, 1.82) is 0 Å². The predicted octanol–water partition coefficient (Wildman–Crippen LogP) is 3.72. The van der Waals surface area contributed by atoms with E-state index in [4.69, 9.17) is 0 Å². The highest BCUT2D eigenvalue weighted by atomic mass is 32.2. The molecule has 4 nitrogen and oxygen atoms in total. The van der Waals surface area contributed by atoms with E-state index in [1.807, 2.05) is 35.9 Å². The molecule has 0 radical (unpaired) electrons. The number of thiophene rings is 2. The van der Waals surface area contributed by atoms with Crippen LogP contribution in [-0.2, 0) is 4.79 Å². The third-order valence-corrected chi connectivity index (χ3v) is 5.79. The second-order valence-electron chi connectivity index (χ2n) is 4.41. The Morgan fingerprint density at radius 1 is 1.33 bits per heavy atom. The summed E-state index contributed by atoms with van der Waals surface area (Å²) in [6, 6.07) is 6.06. The van der Waals surface area contributed by atoms with E-state index in [1.54, 1.807) is 29.0 Å². The number of amides is 1. The van der Waals surface area contributed by atoms with Crippen molar-refractivity contribution in [3.8, 4) is 0 Å². The first-order valence-electron chi connectivity index (χ1n) is 6.38. The molecule has 1 N–H and O–H groups in total. The highest BCUT2D eigenvalue weighted by molar-refractivity contribution is 8.00. The number of hydrogen-bond donors (Lipinski definition) is 1. The van der Waals surface area contributed by atoms with Crippen LogP contribution in [-0.4, -0.2) is 21.6 Å². The lowest BCUT2D eigenvalue weighted by Crippen LogP contribution is -2.27. The molecule has 0 saturated carbocycles. The van der Waals surface area contributed by atoms with E-state index in [0.29, 0.717) is 5.75 Å². The van der Waals surface area contributed by atoms with Crippen LogP contribution < -0.4 is 5.32 Å². The molecule has 0 saturated heterocycles. The highest BCUT2D eigenvalue weighted by Crippen LogP contribution is 2.27. The molecule has 0 fully saturated rings. The number of carbonyl (C=O) groups is 1. The SMILES string of the molecule is C[C@@H](NC(=O)CSc1ncnc2sccc12)c1cccs1. The quantitative estimate of drug-likeness (QED) is 0.570. The summed E-state index contributed by atoms with van der Waals surface area (Å²) in [6.45, 7) is 2.00. The van der Waals surface area contributed by atoms with Gasteiger partial charge in [0.15, 0.2) is 0 Å². The first-order chi connectivity index (χ1) is 10.2. The third-order valence-electron chi connectivity index (χ3n) is 2.91. The number of hydrogen-bond acceptors (Lipinski definition) is 6. The summed E-state index contributed by atoms with van der Waals surface area (Å²) in [7, 11) is 0. The number of rotatable bonds is 5. The van der Waals surface area contributed by atoms with Crippen molar-refractivity contribution in [2.24, 2.45) is 0 Å². The monoisotopic (exact) mass is 335 g/mol. The first kappa shape index (κ1) is 14.5. The van der Waals surface area contributed by atoms with Gasteiger partial charge < -0.3 is 5.32 Å². The summed E-state index contributed by atoms with van der Waals surface area (Å²) in [4.78, 5) is 22.6. The van der Waals surface area contributed by atoms with Gasteiger partial charge in [-0.2, -0.15) is 0 Å². The van der Waals surface area contributed by atoms with E-state index in [0.717, 1.165) is 20.1 Å². The molecule has 0 aliphatic carbocycles. The molecule has 3 aromatic heterocycles. The van der Waals surface area contributed by atoms with Gasteiger partial charge in [0.2, 0.25) is 5.91 Å². The van der Waals surface area contributed by atoms with Crippen LogP contribution in [0.3, 0.4) is 0 Å². The Labute approximate surface area is 134 Å². The summed E-state index contributed by atoms with van der Waals surface area (Å²) < 4.78 is 0. The van der Waals surface area contributed by atoms with Gasteiger partial charge in [-0.15, -0.1) is 22.7 Å². The molecule has 1 atom stereocenters. The minimum Gasteiger partial charge on any atom is -0.348 e. The van der Waals surface area contributed by atoms with Crippen molar-refractivity contribution in [1.82, 2.24) is 15.3 Å². The molecule has 1 amide bonds. The number of carbonyl (C=O) groups excluding carboxylic acids is 1. The lowest BCUT2D eigenvalue weighted by molar-refractivity contribution is -0.119. The number of fused-ring (bicyclic) bond motifs is 1. The Hall–Kier alpha value is -1.44.